The number of aromatic nitrogens is 2. The molecule has 0 spiro atoms. The summed E-state index contributed by atoms with van der Waals surface area (Å²) in [6.45, 7) is 0. The van der Waals surface area contributed by atoms with Crippen LogP contribution in [-0.2, 0) is 0 Å². The van der Waals surface area contributed by atoms with Gasteiger partial charge in [0.15, 0.2) is 5.69 Å². The third kappa shape index (κ3) is 2.31. The molecule has 0 saturated heterocycles. The summed E-state index contributed by atoms with van der Waals surface area (Å²) < 4.78 is 0.793. The molecule has 0 saturated carbocycles. The largest absolute Gasteiger partial charge is 0.710 e. The number of hydrogen-bond donors (Lipinski definition) is 0. The third-order valence-electron chi connectivity index (χ3n) is 2.90. The highest BCUT2D eigenvalue weighted by atomic mass is 16.5. The van der Waals surface area contributed by atoms with Gasteiger partial charge in [-0.1, -0.05) is 48.5 Å². The number of nitrogens with zero attached hydrogens (tertiary/aromatic N) is 2. The third-order valence-corrected chi connectivity index (χ3v) is 2.90. The van der Waals surface area contributed by atoms with E-state index < -0.39 is 0 Å². The van der Waals surface area contributed by atoms with E-state index in [1.165, 1.54) is 6.20 Å². The molecule has 0 bridgehead atoms. The maximum atomic E-state index is 11.9. The van der Waals surface area contributed by atoms with Gasteiger partial charge in [0.25, 0.3) is 0 Å². The topological polar surface area (TPSA) is 39.8 Å². The number of hydrogen-bond acceptors (Lipinski definition) is 2. The van der Waals surface area contributed by atoms with E-state index in [2.05, 4.69) is 4.98 Å². The molecular formula is C16H12N2O. The molecule has 3 rings (SSSR count). The molecule has 3 nitrogen and oxygen atoms in total. The van der Waals surface area contributed by atoms with Gasteiger partial charge in [-0.25, -0.2) is 4.73 Å². The molecule has 0 unspecified atom stereocenters. The second-order valence-electron chi connectivity index (χ2n) is 4.19. The molecule has 0 atom stereocenters. The van der Waals surface area contributed by atoms with E-state index in [0.717, 1.165) is 21.6 Å². The molecule has 0 aliphatic heterocycles. The standard InChI is InChI=1S/C16H12N2O/c19-18-12-11-15(13-7-3-1-4-8-13)17-16(18)14-9-5-2-6-10-14/h1-12H. The van der Waals surface area contributed by atoms with E-state index in [0.29, 0.717) is 5.82 Å². The summed E-state index contributed by atoms with van der Waals surface area (Å²) in [5, 5.41) is 11.9. The minimum absolute atomic E-state index is 0.418. The van der Waals surface area contributed by atoms with Gasteiger partial charge in [-0.3, -0.25) is 0 Å². The van der Waals surface area contributed by atoms with Gasteiger partial charge < -0.3 is 5.21 Å². The Morgan fingerprint density at radius 2 is 1.32 bits per heavy atom. The molecule has 3 aromatic rings. The van der Waals surface area contributed by atoms with Crippen molar-refractivity contribution in [3.8, 4) is 22.6 Å². The van der Waals surface area contributed by atoms with Crippen molar-refractivity contribution in [3.05, 3.63) is 78.1 Å². The Bertz CT molecular complexity index is 682. The van der Waals surface area contributed by atoms with Crippen LogP contribution in [0.5, 0.6) is 0 Å². The lowest BCUT2D eigenvalue weighted by molar-refractivity contribution is -0.596. The van der Waals surface area contributed by atoms with Gasteiger partial charge in [-0.2, -0.15) is 0 Å². The van der Waals surface area contributed by atoms with Crippen molar-refractivity contribution >= 4 is 0 Å². The maximum Gasteiger partial charge on any atom is 0.333 e. The van der Waals surface area contributed by atoms with Gasteiger partial charge in [0.05, 0.1) is 11.8 Å². The van der Waals surface area contributed by atoms with Crippen LogP contribution in [0.3, 0.4) is 0 Å². The van der Waals surface area contributed by atoms with Gasteiger partial charge in [0.1, 0.15) is 0 Å². The van der Waals surface area contributed by atoms with Crippen LogP contribution >= 0.6 is 0 Å². The second-order valence-corrected chi connectivity index (χ2v) is 4.19. The van der Waals surface area contributed by atoms with Crippen LogP contribution in [0.25, 0.3) is 22.6 Å². The Labute approximate surface area is 111 Å². The quantitative estimate of drug-likeness (QED) is 0.516. The van der Waals surface area contributed by atoms with Gasteiger partial charge in [0.2, 0.25) is 0 Å². The molecule has 0 fully saturated rings. The van der Waals surface area contributed by atoms with Gasteiger partial charge in [0, 0.05) is 11.6 Å². The molecule has 1 aromatic heterocycles. The van der Waals surface area contributed by atoms with Crippen LogP contribution in [0.15, 0.2) is 72.9 Å². The minimum atomic E-state index is 0.418. The van der Waals surface area contributed by atoms with Crippen molar-refractivity contribution in [2.45, 2.75) is 0 Å². The summed E-state index contributed by atoms with van der Waals surface area (Å²) in [6, 6.07) is 21.0. The average molecular weight is 248 g/mol. The molecule has 19 heavy (non-hydrogen) atoms. The van der Waals surface area contributed by atoms with Crippen LogP contribution in [0.1, 0.15) is 0 Å². The summed E-state index contributed by atoms with van der Waals surface area (Å²) in [4.78, 5) is 4.46. The molecule has 0 radical (unpaired) electrons. The van der Waals surface area contributed by atoms with Crippen molar-refractivity contribution in [1.82, 2.24) is 4.98 Å². The van der Waals surface area contributed by atoms with Crippen LogP contribution in [0.2, 0.25) is 0 Å². The normalized spacial score (nSPS) is 10.3. The first-order valence-electron chi connectivity index (χ1n) is 6.05. The lowest BCUT2D eigenvalue weighted by Gasteiger charge is -2.06. The smallest absolute Gasteiger partial charge is 0.333 e. The lowest BCUT2D eigenvalue weighted by Crippen LogP contribution is -2.29. The highest BCUT2D eigenvalue weighted by Crippen LogP contribution is 2.19. The van der Waals surface area contributed by atoms with Crippen molar-refractivity contribution in [2.24, 2.45) is 0 Å². The first kappa shape index (κ1) is 11.4. The second kappa shape index (κ2) is 4.90. The molecular weight excluding hydrogens is 236 g/mol. The van der Waals surface area contributed by atoms with Gasteiger partial charge >= 0.3 is 5.82 Å². The molecule has 1 heterocycles. The molecule has 92 valence electrons. The number of benzene rings is 2. The first-order valence-corrected chi connectivity index (χ1v) is 6.05. The summed E-state index contributed by atoms with van der Waals surface area (Å²) in [5.41, 5.74) is 2.61. The molecule has 0 amide bonds. The van der Waals surface area contributed by atoms with Crippen molar-refractivity contribution < 1.29 is 4.73 Å². The van der Waals surface area contributed by atoms with Crippen LogP contribution in [0, 0.1) is 5.21 Å². The zero-order chi connectivity index (χ0) is 13.1. The summed E-state index contributed by atoms with van der Waals surface area (Å²) in [7, 11) is 0. The summed E-state index contributed by atoms with van der Waals surface area (Å²) in [6.07, 6.45) is 1.50. The fourth-order valence-corrected chi connectivity index (χ4v) is 1.96. The summed E-state index contributed by atoms with van der Waals surface area (Å²) >= 11 is 0. The average Bonchev–Trinajstić information content (AvgIpc) is 2.49. The molecule has 0 aliphatic carbocycles. The van der Waals surface area contributed by atoms with E-state index >= 15 is 0 Å². The fraction of sp³-hybridized carbons (Fsp3) is 0. The van der Waals surface area contributed by atoms with E-state index in [4.69, 9.17) is 0 Å². The van der Waals surface area contributed by atoms with Crippen LogP contribution < -0.4 is 4.73 Å². The highest BCUT2D eigenvalue weighted by molar-refractivity contribution is 5.61. The predicted molar refractivity (Wildman–Crippen MR) is 74.1 cm³/mol. The molecule has 2 aromatic carbocycles. The minimum Gasteiger partial charge on any atom is -0.710 e. The van der Waals surface area contributed by atoms with Gasteiger partial charge in [-0.05, 0) is 17.1 Å². The van der Waals surface area contributed by atoms with Crippen molar-refractivity contribution in [2.75, 3.05) is 0 Å². The Hall–Kier alpha value is -2.68. The van der Waals surface area contributed by atoms with Crippen LogP contribution in [0.4, 0.5) is 0 Å². The Balaban J connectivity index is 2.12. The molecule has 0 N–H and O–H groups in total. The van der Waals surface area contributed by atoms with E-state index in [-0.39, 0.29) is 0 Å². The Morgan fingerprint density at radius 1 is 0.737 bits per heavy atom. The Kier molecular flexibility index (Phi) is 2.94. The van der Waals surface area contributed by atoms with E-state index in [1.54, 1.807) is 6.07 Å². The number of rotatable bonds is 2. The highest BCUT2D eigenvalue weighted by Gasteiger charge is 2.14. The molecule has 3 heteroatoms. The zero-order valence-corrected chi connectivity index (χ0v) is 10.2. The predicted octanol–water partition coefficient (Wildman–Crippen LogP) is 3.05. The van der Waals surface area contributed by atoms with Crippen molar-refractivity contribution in [1.29, 1.82) is 0 Å². The van der Waals surface area contributed by atoms with E-state index in [9.17, 15) is 5.21 Å². The monoisotopic (exact) mass is 248 g/mol. The first-order chi connectivity index (χ1) is 9.34. The van der Waals surface area contributed by atoms with Crippen LogP contribution in [-0.4, -0.2) is 4.98 Å². The van der Waals surface area contributed by atoms with Crippen molar-refractivity contribution in [3.63, 3.8) is 0 Å². The lowest BCUT2D eigenvalue weighted by atomic mass is 10.1. The molecule has 0 aliphatic rings. The zero-order valence-electron chi connectivity index (χ0n) is 10.2. The fourth-order valence-electron chi connectivity index (χ4n) is 1.96. The van der Waals surface area contributed by atoms with Gasteiger partial charge in [-0.15, -0.1) is 0 Å². The Morgan fingerprint density at radius 3 is 1.95 bits per heavy atom. The maximum absolute atomic E-state index is 11.9. The summed E-state index contributed by atoms with van der Waals surface area (Å²) in [5.74, 6) is 0.418. The van der Waals surface area contributed by atoms with E-state index in [1.807, 2.05) is 60.7 Å². The SMILES string of the molecule is [O-][n+]1ccc(-c2ccccc2)nc1-c1ccccc1.